The summed E-state index contributed by atoms with van der Waals surface area (Å²) in [5.74, 6) is 0.0879. The molecule has 1 aromatic carbocycles. The Morgan fingerprint density at radius 2 is 2.35 bits per heavy atom. The quantitative estimate of drug-likeness (QED) is 0.935. The van der Waals surface area contributed by atoms with Crippen LogP contribution in [0.3, 0.4) is 0 Å². The molecule has 20 heavy (non-hydrogen) atoms. The molecule has 0 aliphatic heterocycles. The van der Waals surface area contributed by atoms with E-state index in [-0.39, 0.29) is 11.8 Å². The summed E-state index contributed by atoms with van der Waals surface area (Å²) < 4.78 is 5.83. The predicted octanol–water partition coefficient (Wildman–Crippen LogP) is 2.83. The summed E-state index contributed by atoms with van der Waals surface area (Å²) >= 11 is 3.47. The molecule has 0 saturated carbocycles. The van der Waals surface area contributed by atoms with Gasteiger partial charge in [0.25, 0.3) is 0 Å². The molecule has 1 heterocycles. The Balaban J connectivity index is 1.59. The monoisotopic (exact) mass is 334 g/mol. The smallest absolute Gasteiger partial charge is 0.227 e. The van der Waals surface area contributed by atoms with Gasteiger partial charge in [0.15, 0.2) is 0 Å². The van der Waals surface area contributed by atoms with E-state index < -0.39 is 0 Å². The lowest BCUT2D eigenvalue weighted by atomic mass is 10.0. The van der Waals surface area contributed by atoms with Crippen LogP contribution in [0.5, 0.6) is 0 Å². The van der Waals surface area contributed by atoms with E-state index >= 15 is 0 Å². The van der Waals surface area contributed by atoms with Gasteiger partial charge in [0.1, 0.15) is 6.26 Å². The number of nitrogens with zero attached hydrogens (tertiary/aromatic N) is 1. The molecular formula is C15H15BrN2O2. The lowest BCUT2D eigenvalue weighted by Crippen LogP contribution is -2.30. The van der Waals surface area contributed by atoms with Crippen molar-refractivity contribution in [2.45, 2.75) is 25.2 Å². The molecule has 3 rings (SSSR count). The molecule has 1 amide bonds. The number of carbonyl (C=O) groups excluding carboxylic acids is 1. The van der Waals surface area contributed by atoms with E-state index in [1.165, 1.54) is 5.56 Å². The largest absolute Gasteiger partial charge is 0.365 e. The van der Waals surface area contributed by atoms with Gasteiger partial charge in [0.05, 0.1) is 11.6 Å². The number of halogens is 1. The Morgan fingerprint density at radius 3 is 3.15 bits per heavy atom. The lowest BCUT2D eigenvalue weighted by molar-refractivity contribution is -0.122. The first kappa shape index (κ1) is 13.4. The zero-order chi connectivity index (χ0) is 13.9. The Labute approximate surface area is 125 Å². The second-order valence-corrected chi connectivity index (χ2v) is 5.88. The summed E-state index contributed by atoms with van der Waals surface area (Å²) in [7, 11) is 0. The van der Waals surface area contributed by atoms with Gasteiger partial charge in [-0.3, -0.25) is 4.79 Å². The van der Waals surface area contributed by atoms with Gasteiger partial charge in [0, 0.05) is 23.5 Å². The number of benzene rings is 1. The van der Waals surface area contributed by atoms with E-state index in [4.69, 9.17) is 4.52 Å². The van der Waals surface area contributed by atoms with Crippen LogP contribution in [0.4, 0.5) is 0 Å². The number of rotatable bonds is 4. The second-order valence-electron chi connectivity index (χ2n) is 4.97. The first-order chi connectivity index (χ1) is 9.74. The van der Waals surface area contributed by atoms with Gasteiger partial charge >= 0.3 is 0 Å². The molecule has 2 aromatic rings. The highest BCUT2D eigenvalue weighted by Crippen LogP contribution is 2.34. The van der Waals surface area contributed by atoms with Crippen LogP contribution in [0.2, 0.25) is 0 Å². The molecule has 0 saturated heterocycles. The molecule has 1 aliphatic rings. The van der Waals surface area contributed by atoms with Gasteiger partial charge in [-0.25, -0.2) is 0 Å². The highest BCUT2D eigenvalue weighted by atomic mass is 79.9. The fraction of sp³-hybridized carbons (Fsp3) is 0.333. The van der Waals surface area contributed by atoms with Crippen molar-refractivity contribution in [3.05, 3.63) is 51.8 Å². The summed E-state index contributed by atoms with van der Waals surface area (Å²) in [5.41, 5.74) is 3.30. The molecule has 1 aliphatic carbocycles. The van der Waals surface area contributed by atoms with Crippen molar-refractivity contribution in [1.29, 1.82) is 0 Å². The third kappa shape index (κ3) is 2.77. The fourth-order valence-corrected chi connectivity index (χ4v) is 3.07. The van der Waals surface area contributed by atoms with E-state index in [9.17, 15) is 4.79 Å². The maximum atomic E-state index is 12.3. The summed E-state index contributed by atoms with van der Waals surface area (Å²) in [5, 5.41) is 6.81. The number of nitrogens with one attached hydrogen (secondary N) is 1. The molecule has 4 nitrogen and oxygen atoms in total. The van der Waals surface area contributed by atoms with Crippen LogP contribution < -0.4 is 5.32 Å². The average molecular weight is 335 g/mol. The highest BCUT2D eigenvalue weighted by molar-refractivity contribution is 9.10. The van der Waals surface area contributed by atoms with Crippen molar-refractivity contribution < 1.29 is 9.32 Å². The predicted molar refractivity (Wildman–Crippen MR) is 78.4 cm³/mol. The molecule has 1 atom stereocenters. The minimum Gasteiger partial charge on any atom is -0.365 e. The van der Waals surface area contributed by atoms with Crippen LogP contribution in [-0.4, -0.2) is 17.6 Å². The maximum absolute atomic E-state index is 12.3. The van der Waals surface area contributed by atoms with Gasteiger partial charge < -0.3 is 9.84 Å². The Hall–Kier alpha value is -1.62. The molecule has 1 unspecified atom stereocenters. The highest BCUT2D eigenvalue weighted by Gasteiger charge is 2.28. The number of carbonyl (C=O) groups is 1. The SMILES string of the molecule is O=C(NCCc1ccon1)C1CCc2cc(Br)ccc21. The molecule has 5 heteroatoms. The molecule has 0 spiro atoms. The Morgan fingerprint density at radius 1 is 1.45 bits per heavy atom. The van der Waals surface area contributed by atoms with Crippen molar-refractivity contribution in [2.24, 2.45) is 0 Å². The zero-order valence-corrected chi connectivity index (χ0v) is 12.5. The summed E-state index contributed by atoms with van der Waals surface area (Å²) in [6.45, 7) is 0.591. The third-order valence-corrected chi connectivity index (χ3v) is 4.16. The fourth-order valence-electron chi connectivity index (χ4n) is 2.66. The van der Waals surface area contributed by atoms with Crippen molar-refractivity contribution in [2.75, 3.05) is 6.54 Å². The number of aryl methyl sites for hydroxylation is 1. The molecule has 0 radical (unpaired) electrons. The van der Waals surface area contributed by atoms with Gasteiger partial charge in [-0.1, -0.05) is 27.2 Å². The van der Waals surface area contributed by atoms with Crippen LogP contribution in [0.1, 0.15) is 29.2 Å². The normalized spacial score (nSPS) is 16.9. The van der Waals surface area contributed by atoms with Crippen LogP contribution >= 0.6 is 15.9 Å². The van der Waals surface area contributed by atoms with Crippen molar-refractivity contribution >= 4 is 21.8 Å². The average Bonchev–Trinajstić information content (AvgIpc) is 3.07. The standard InChI is InChI=1S/C15H15BrN2O2/c16-11-2-4-13-10(9-11)1-3-14(13)15(19)17-7-5-12-6-8-20-18-12/h2,4,6,8-9,14H,1,3,5,7H2,(H,17,19). The number of aromatic nitrogens is 1. The molecule has 0 fully saturated rings. The van der Waals surface area contributed by atoms with Gasteiger partial charge in [-0.15, -0.1) is 0 Å². The van der Waals surface area contributed by atoms with Crippen LogP contribution in [0, 0.1) is 0 Å². The number of amides is 1. The van der Waals surface area contributed by atoms with Gasteiger partial charge in [-0.2, -0.15) is 0 Å². The van der Waals surface area contributed by atoms with Crippen LogP contribution in [-0.2, 0) is 17.6 Å². The topological polar surface area (TPSA) is 55.1 Å². The molecule has 0 bridgehead atoms. The lowest BCUT2D eigenvalue weighted by Gasteiger charge is -2.12. The van der Waals surface area contributed by atoms with Crippen molar-refractivity contribution in [1.82, 2.24) is 10.5 Å². The first-order valence-corrected chi connectivity index (χ1v) is 7.48. The summed E-state index contributed by atoms with van der Waals surface area (Å²) in [6, 6.07) is 7.97. The Bertz CT molecular complexity index is 610. The van der Waals surface area contributed by atoms with E-state index in [1.54, 1.807) is 6.26 Å². The summed E-state index contributed by atoms with van der Waals surface area (Å²) in [4.78, 5) is 12.3. The summed E-state index contributed by atoms with van der Waals surface area (Å²) in [6.07, 6.45) is 4.10. The minimum absolute atomic E-state index is 0.0181. The molecular weight excluding hydrogens is 320 g/mol. The van der Waals surface area contributed by atoms with Crippen LogP contribution in [0.25, 0.3) is 0 Å². The zero-order valence-electron chi connectivity index (χ0n) is 10.9. The molecule has 1 N–H and O–H groups in total. The van der Waals surface area contributed by atoms with E-state index in [2.05, 4.69) is 32.5 Å². The van der Waals surface area contributed by atoms with E-state index in [0.29, 0.717) is 13.0 Å². The van der Waals surface area contributed by atoms with E-state index in [0.717, 1.165) is 28.6 Å². The Kier molecular flexibility index (Phi) is 3.87. The van der Waals surface area contributed by atoms with Gasteiger partial charge in [-0.05, 0) is 36.1 Å². The second kappa shape index (κ2) is 5.79. The first-order valence-electron chi connectivity index (χ1n) is 6.69. The molecule has 1 aromatic heterocycles. The minimum atomic E-state index is -0.0181. The maximum Gasteiger partial charge on any atom is 0.227 e. The van der Waals surface area contributed by atoms with Crippen molar-refractivity contribution in [3.63, 3.8) is 0 Å². The van der Waals surface area contributed by atoms with Crippen LogP contribution in [0.15, 0.2) is 39.5 Å². The molecule has 104 valence electrons. The number of hydrogen-bond acceptors (Lipinski definition) is 3. The number of hydrogen-bond donors (Lipinski definition) is 1. The third-order valence-electron chi connectivity index (χ3n) is 3.67. The van der Waals surface area contributed by atoms with Gasteiger partial charge in [0.2, 0.25) is 5.91 Å². The van der Waals surface area contributed by atoms with Crippen molar-refractivity contribution in [3.8, 4) is 0 Å². The van der Waals surface area contributed by atoms with E-state index in [1.807, 2.05) is 18.2 Å². The number of fused-ring (bicyclic) bond motifs is 1.